The number of hydrogen-bond acceptors (Lipinski definition) is 3. The van der Waals surface area contributed by atoms with E-state index in [0.717, 1.165) is 0 Å². The number of aromatic nitrogens is 3. The van der Waals surface area contributed by atoms with Crippen molar-refractivity contribution in [3.05, 3.63) is 36.3 Å². The van der Waals surface area contributed by atoms with Gasteiger partial charge >= 0.3 is 0 Å². The number of carbonyl (C=O) groups is 1. The smallest absolute Gasteiger partial charge is 0.242 e. The van der Waals surface area contributed by atoms with Gasteiger partial charge in [0.05, 0.1) is 6.20 Å². The molecule has 1 heterocycles. The van der Waals surface area contributed by atoms with E-state index in [9.17, 15) is 9.18 Å². The molecule has 0 radical (unpaired) electrons. The lowest BCUT2D eigenvalue weighted by Gasteiger charge is -2.17. The number of carbonyl (C=O) groups excluding carboxylic acids is 1. The Balaban J connectivity index is 1.41. The maximum absolute atomic E-state index is 13.8. The monoisotopic (exact) mass is 314 g/mol. The van der Waals surface area contributed by atoms with Crippen molar-refractivity contribution in [3.8, 4) is 11.3 Å². The molecule has 0 aliphatic heterocycles. The van der Waals surface area contributed by atoms with Crippen LogP contribution in [0.25, 0.3) is 11.3 Å². The van der Waals surface area contributed by atoms with Gasteiger partial charge in [0.25, 0.3) is 0 Å². The van der Waals surface area contributed by atoms with Crippen LogP contribution in [0.4, 0.5) is 4.39 Å². The van der Waals surface area contributed by atoms with Gasteiger partial charge in [0.2, 0.25) is 5.91 Å². The molecule has 0 saturated heterocycles. The molecule has 23 heavy (non-hydrogen) atoms. The van der Waals surface area contributed by atoms with Crippen molar-refractivity contribution in [2.45, 2.75) is 38.3 Å². The van der Waals surface area contributed by atoms with Gasteiger partial charge in [0, 0.05) is 11.6 Å². The summed E-state index contributed by atoms with van der Waals surface area (Å²) in [5.74, 6) is 0.942. The number of hydrogen-bond donors (Lipinski definition) is 1. The van der Waals surface area contributed by atoms with Crippen LogP contribution in [0.15, 0.2) is 30.5 Å². The standard InChI is InChI=1S/C17H19FN4O/c18-14-4-2-1-3-13(14)15-9-22(21-20-15)10-16(23)19-17(11-5-6-11)12-7-8-12/h1-4,9,11-12,17H,5-8,10H2,(H,19,23). The van der Waals surface area contributed by atoms with Gasteiger partial charge in [-0.25, -0.2) is 9.07 Å². The second-order valence-corrected chi connectivity index (χ2v) is 6.55. The zero-order valence-corrected chi connectivity index (χ0v) is 12.8. The first-order chi connectivity index (χ1) is 11.2. The second-order valence-electron chi connectivity index (χ2n) is 6.55. The molecule has 6 heteroatoms. The third kappa shape index (κ3) is 3.25. The highest BCUT2D eigenvalue weighted by Crippen LogP contribution is 2.44. The van der Waals surface area contributed by atoms with Crippen molar-refractivity contribution < 1.29 is 9.18 Å². The molecule has 0 unspecified atom stereocenters. The molecule has 1 aromatic heterocycles. The Hall–Kier alpha value is -2.24. The highest BCUT2D eigenvalue weighted by molar-refractivity contribution is 5.76. The number of rotatable bonds is 6. The maximum Gasteiger partial charge on any atom is 0.242 e. The van der Waals surface area contributed by atoms with Crippen molar-refractivity contribution >= 4 is 5.91 Å². The number of amides is 1. The van der Waals surface area contributed by atoms with Crippen LogP contribution in [0.3, 0.4) is 0 Å². The van der Waals surface area contributed by atoms with E-state index in [0.29, 0.717) is 29.1 Å². The van der Waals surface area contributed by atoms with E-state index in [4.69, 9.17) is 0 Å². The van der Waals surface area contributed by atoms with Gasteiger partial charge in [-0.3, -0.25) is 4.79 Å². The Morgan fingerprint density at radius 1 is 1.26 bits per heavy atom. The number of nitrogens with zero attached hydrogens (tertiary/aromatic N) is 3. The fraction of sp³-hybridized carbons (Fsp3) is 0.471. The quantitative estimate of drug-likeness (QED) is 0.890. The summed E-state index contributed by atoms with van der Waals surface area (Å²) in [4.78, 5) is 12.2. The lowest BCUT2D eigenvalue weighted by Crippen LogP contribution is -2.40. The molecule has 2 aliphatic rings. The minimum atomic E-state index is -0.341. The zero-order chi connectivity index (χ0) is 15.8. The Bertz CT molecular complexity index is 709. The second kappa shape index (κ2) is 5.76. The Labute approximate surface area is 133 Å². The largest absolute Gasteiger partial charge is 0.351 e. The summed E-state index contributed by atoms with van der Waals surface area (Å²) in [6, 6.07) is 6.75. The maximum atomic E-state index is 13.8. The molecule has 5 nitrogen and oxygen atoms in total. The third-order valence-corrected chi connectivity index (χ3v) is 4.58. The fourth-order valence-corrected chi connectivity index (χ4v) is 3.08. The first-order valence-corrected chi connectivity index (χ1v) is 8.15. The van der Waals surface area contributed by atoms with E-state index in [1.807, 2.05) is 0 Å². The number of halogens is 1. The van der Waals surface area contributed by atoms with Crippen LogP contribution in [0.5, 0.6) is 0 Å². The Kier molecular flexibility index (Phi) is 3.59. The first-order valence-electron chi connectivity index (χ1n) is 8.15. The fourth-order valence-electron chi connectivity index (χ4n) is 3.08. The molecule has 1 N–H and O–H groups in total. The van der Waals surface area contributed by atoms with Crippen molar-refractivity contribution in [2.75, 3.05) is 0 Å². The van der Waals surface area contributed by atoms with E-state index < -0.39 is 0 Å². The molecule has 1 amide bonds. The molecule has 2 aromatic rings. The van der Waals surface area contributed by atoms with Gasteiger partial charge in [-0.1, -0.05) is 17.3 Å². The van der Waals surface area contributed by atoms with Crippen LogP contribution >= 0.6 is 0 Å². The van der Waals surface area contributed by atoms with Gasteiger partial charge in [-0.15, -0.1) is 5.10 Å². The van der Waals surface area contributed by atoms with E-state index >= 15 is 0 Å². The van der Waals surface area contributed by atoms with Crippen molar-refractivity contribution in [1.29, 1.82) is 0 Å². The summed E-state index contributed by atoms with van der Waals surface area (Å²) in [5.41, 5.74) is 0.838. The average Bonchev–Trinajstić information content (AvgIpc) is 3.45. The minimum Gasteiger partial charge on any atom is -0.351 e. The summed E-state index contributed by atoms with van der Waals surface area (Å²) in [5, 5.41) is 11.1. The molecule has 2 saturated carbocycles. The van der Waals surface area contributed by atoms with Crippen molar-refractivity contribution in [3.63, 3.8) is 0 Å². The van der Waals surface area contributed by atoms with Crippen LogP contribution in [0.1, 0.15) is 25.7 Å². The van der Waals surface area contributed by atoms with Crippen molar-refractivity contribution in [1.82, 2.24) is 20.3 Å². The summed E-state index contributed by atoms with van der Waals surface area (Å²) in [7, 11) is 0. The molecular weight excluding hydrogens is 295 g/mol. The lowest BCUT2D eigenvalue weighted by atomic mass is 10.1. The summed E-state index contributed by atoms with van der Waals surface area (Å²) in [6.45, 7) is 0.122. The van der Waals surface area contributed by atoms with Gasteiger partial charge < -0.3 is 5.32 Å². The van der Waals surface area contributed by atoms with E-state index in [1.54, 1.807) is 24.4 Å². The van der Waals surface area contributed by atoms with Crippen molar-refractivity contribution in [2.24, 2.45) is 11.8 Å². The lowest BCUT2D eigenvalue weighted by molar-refractivity contribution is -0.122. The van der Waals surface area contributed by atoms with E-state index in [-0.39, 0.29) is 18.3 Å². The molecule has 0 bridgehead atoms. The zero-order valence-electron chi connectivity index (χ0n) is 12.8. The molecule has 0 spiro atoms. The molecular formula is C17H19FN4O. The van der Waals surface area contributed by atoms with Crippen LogP contribution in [-0.2, 0) is 11.3 Å². The van der Waals surface area contributed by atoms with Gasteiger partial charge in [0.15, 0.2) is 0 Å². The molecule has 1 aromatic carbocycles. The molecule has 2 fully saturated rings. The van der Waals surface area contributed by atoms with E-state index in [1.165, 1.54) is 36.4 Å². The highest BCUT2D eigenvalue weighted by Gasteiger charge is 2.42. The topological polar surface area (TPSA) is 59.8 Å². The van der Waals surface area contributed by atoms with E-state index in [2.05, 4.69) is 15.6 Å². The van der Waals surface area contributed by atoms with Crippen LogP contribution in [0, 0.1) is 17.7 Å². The summed E-state index contributed by atoms with van der Waals surface area (Å²) < 4.78 is 15.2. The van der Waals surface area contributed by atoms with Crippen LogP contribution in [0.2, 0.25) is 0 Å². The predicted octanol–water partition coefficient (Wildman–Crippen LogP) is 2.39. The minimum absolute atomic E-state index is 0.0428. The normalized spacial score (nSPS) is 17.5. The third-order valence-electron chi connectivity index (χ3n) is 4.58. The van der Waals surface area contributed by atoms with Gasteiger partial charge in [-0.2, -0.15) is 0 Å². The molecule has 4 rings (SSSR count). The number of nitrogens with one attached hydrogen (secondary N) is 1. The predicted molar refractivity (Wildman–Crippen MR) is 82.8 cm³/mol. The highest BCUT2D eigenvalue weighted by atomic mass is 19.1. The van der Waals surface area contributed by atoms with Gasteiger partial charge in [0.1, 0.15) is 18.1 Å². The summed E-state index contributed by atoms with van der Waals surface area (Å²) >= 11 is 0. The van der Waals surface area contributed by atoms with Crippen LogP contribution in [-0.4, -0.2) is 26.9 Å². The Morgan fingerprint density at radius 2 is 1.96 bits per heavy atom. The van der Waals surface area contributed by atoms with Gasteiger partial charge in [-0.05, 0) is 49.7 Å². The summed E-state index contributed by atoms with van der Waals surface area (Å²) in [6.07, 6.45) is 6.51. The SMILES string of the molecule is O=C(Cn1cc(-c2ccccc2F)nn1)NC(C1CC1)C1CC1. The van der Waals surface area contributed by atoms with Crippen LogP contribution < -0.4 is 5.32 Å². The first kappa shape index (κ1) is 14.4. The average molecular weight is 314 g/mol. The Morgan fingerprint density at radius 3 is 2.61 bits per heavy atom. The molecule has 0 atom stereocenters. The number of benzene rings is 1. The molecule has 120 valence electrons. The molecule has 2 aliphatic carbocycles.